The van der Waals surface area contributed by atoms with E-state index in [0.717, 1.165) is 17.1 Å². The molecule has 0 aromatic heterocycles. The number of rotatable bonds is 1. The lowest BCUT2D eigenvalue weighted by Crippen LogP contribution is -2.42. The molecule has 0 amide bonds. The van der Waals surface area contributed by atoms with Crippen LogP contribution >= 0.6 is 0 Å². The van der Waals surface area contributed by atoms with Gasteiger partial charge in [0.05, 0.1) is 5.54 Å². The van der Waals surface area contributed by atoms with Gasteiger partial charge < -0.3 is 9.64 Å². The Labute approximate surface area is 158 Å². The van der Waals surface area contributed by atoms with Crippen LogP contribution in [0, 0.1) is 5.41 Å². The van der Waals surface area contributed by atoms with Crippen molar-refractivity contribution in [2.24, 2.45) is 5.41 Å². The Balaban J connectivity index is 2.22. The van der Waals surface area contributed by atoms with Crippen molar-refractivity contribution in [1.29, 1.82) is 0 Å². The number of likely N-dealkylation sites (N-methyl/N-ethyl adjacent to an activating group) is 1. The van der Waals surface area contributed by atoms with E-state index in [-0.39, 0.29) is 11.0 Å². The summed E-state index contributed by atoms with van der Waals surface area (Å²) in [5, 5.41) is 0. The van der Waals surface area contributed by atoms with Gasteiger partial charge in [-0.1, -0.05) is 45.1 Å². The van der Waals surface area contributed by atoms with Gasteiger partial charge in [-0.05, 0) is 51.0 Å². The molecule has 0 saturated carbocycles. The maximum absolute atomic E-state index is 6.37. The smallest absolute Gasteiger partial charge is 0.136 e. The van der Waals surface area contributed by atoms with Gasteiger partial charge in [-0.15, -0.1) is 0 Å². The number of fused-ring (bicyclic) bond motifs is 2. The molecule has 1 aromatic carbocycles. The van der Waals surface area contributed by atoms with Crippen molar-refractivity contribution in [3.63, 3.8) is 0 Å². The van der Waals surface area contributed by atoms with E-state index in [9.17, 15) is 0 Å². The summed E-state index contributed by atoms with van der Waals surface area (Å²) >= 11 is 0. The minimum atomic E-state index is -0.0381. The van der Waals surface area contributed by atoms with Crippen molar-refractivity contribution < 1.29 is 4.74 Å². The number of allylic oxidation sites excluding steroid dienone is 7. The molecule has 2 heteroatoms. The molecule has 0 fully saturated rings. The van der Waals surface area contributed by atoms with Gasteiger partial charge in [-0.25, -0.2) is 0 Å². The number of nitrogens with zero attached hydrogens (tertiary/aromatic N) is 1. The highest BCUT2D eigenvalue weighted by atomic mass is 16.5. The van der Waals surface area contributed by atoms with Crippen LogP contribution in [0.25, 0.3) is 11.1 Å². The Hall–Kier alpha value is -2.22. The summed E-state index contributed by atoms with van der Waals surface area (Å²) in [6.07, 6.45) is 10.9. The Morgan fingerprint density at radius 3 is 2.42 bits per heavy atom. The molecular formula is C24H31NO. The first-order valence-electron chi connectivity index (χ1n) is 9.39. The quantitative estimate of drug-likeness (QED) is 0.566. The molecule has 0 spiro atoms. The second-order valence-electron chi connectivity index (χ2n) is 8.91. The van der Waals surface area contributed by atoms with Crippen LogP contribution in [0.3, 0.4) is 0 Å². The first-order chi connectivity index (χ1) is 12.0. The lowest BCUT2D eigenvalue weighted by Gasteiger charge is -2.41. The summed E-state index contributed by atoms with van der Waals surface area (Å²) in [7, 11) is 2.16. The van der Waals surface area contributed by atoms with Gasteiger partial charge in [0.15, 0.2) is 0 Å². The molecule has 0 aliphatic carbocycles. The van der Waals surface area contributed by atoms with E-state index < -0.39 is 0 Å². The fraction of sp³-hybridized carbons (Fsp3) is 0.417. The average Bonchev–Trinajstić information content (AvgIpc) is 2.55. The van der Waals surface area contributed by atoms with Crippen LogP contribution in [0.5, 0.6) is 5.75 Å². The third-order valence-corrected chi connectivity index (χ3v) is 5.34. The van der Waals surface area contributed by atoms with Crippen LogP contribution in [0.4, 0.5) is 5.69 Å². The van der Waals surface area contributed by atoms with Crippen molar-refractivity contribution >= 4 is 16.8 Å². The van der Waals surface area contributed by atoms with Crippen molar-refractivity contribution in [3.8, 4) is 5.75 Å². The zero-order valence-electron chi connectivity index (χ0n) is 17.4. The molecule has 0 bridgehead atoms. The summed E-state index contributed by atoms with van der Waals surface area (Å²) in [5.74, 6) is 1.95. The molecule has 0 unspecified atom stereocenters. The lowest BCUT2D eigenvalue weighted by atomic mass is 9.85. The third-order valence-electron chi connectivity index (χ3n) is 5.34. The number of hydrogen-bond donors (Lipinski definition) is 0. The summed E-state index contributed by atoms with van der Waals surface area (Å²) in [5.41, 5.74) is 6.16. The van der Waals surface area contributed by atoms with Crippen LogP contribution in [0.1, 0.15) is 59.6 Å². The van der Waals surface area contributed by atoms with E-state index in [2.05, 4.69) is 96.0 Å². The third kappa shape index (κ3) is 3.13. The highest BCUT2D eigenvalue weighted by molar-refractivity contribution is 5.89. The topological polar surface area (TPSA) is 12.5 Å². The minimum absolute atomic E-state index is 0.00764. The van der Waals surface area contributed by atoms with Gasteiger partial charge in [0.2, 0.25) is 0 Å². The second kappa shape index (κ2) is 6.19. The Bertz CT molecular complexity index is 857. The zero-order chi connectivity index (χ0) is 19.3. The molecule has 0 radical (unpaired) electrons. The molecule has 2 nitrogen and oxygen atoms in total. The molecule has 0 saturated heterocycles. The molecular weight excluding hydrogens is 318 g/mol. The van der Waals surface area contributed by atoms with Gasteiger partial charge in [0, 0.05) is 35.3 Å². The van der Waals surface area contributed by atoms with Gasteiger partial charge >= 0.3 is 0 Å². The van der Waals surface area contributed by atoms with Crippen molar-refractivity contribution in [2.75, 3.05) is 11.9 Å². The molecule has 2 heterocycles. The molecule has 1 aromatic rings. The Morgan fingerprint density at radius 1 is 1.12 bits per heavy atom. The molecule has 3 rings (SSSR count). The van der Waals surface area contributed by atoms with Crippen LogP contribution in [0.15, 0.2) is 48.3 Å². The highest BCUT2D eigenvalue weighted by Gasteiger charge is 2.32. The first kappa shape index (κ1) is 18.6. The highest BCUT2D eigenvalue weighted by Crippen LogP contribution is 2.46. The molecule has 26 heavy (non-hydrogen) atoms. The largest absolute Gasteiger partial charge is 0.460 e. The summed E-state index contributed by atoms with van der Waals surface area (Å²) in [6.45, 7) is 15.3. The van der Waals surface area contributed by atoms with Gasteiger partial charge in [-0.2, -0.15) is 0 Å². The Morgan fingerprint density at radius 2 is 1.81 bits per heavy atom. The van der Waals surface area contributed by atoms with Gasteiger partial charge in [-0.3, -0.25) is 0 Å². The number of anilines is 1. The zero-order valence-corrected chi connectivity index (χ0v) is 17.4. The fourth-order valence-electron chi connectivity index (χ4n) is 3.56. The summed E-state index contributed by atoms with van der Waals surface area (Å²) < 4.78 is 6.37. The van der Waals surface area contributed by atoms with E-state index in [1.165, 1.54) is 22.4 Å². The predicted octanol–water partition coefficient (Wildman–Crippen LogP) is 6.60. The standard InChI is InChI=1S/C24H31NO/c1-9-10-11-17-12-22(23(3,4)5)26-21-14-20-18(13-19(17)21)16(2)15-24(6,7)25(20)8/h9-15H,1-8H3/b10-9+,17-11+. The number of benzene rings is 1. The number of ether oxygens (including phenoxy) is 1. The predicted molar refractivity (Wildman–Crippen MR) is 114 cm³/mol. The van der Waals surface area contributed by atoms with Gasteiger partial charge in [0.1, 0.15) is 11.5 Å². The van der Waals surface area contributed by atoms with Gasteiger partial charge in [0.25, 0.3) is 0 Å². The molecule has 2 aliphatic rings. The van der Waals surface area contributed by atoms with E-state index in [1.54, 1.807) is 0 Å². The minimum Gasteiger partial charge on any atom is -0.460 e. The average molecular weight is 350 g/mol. The first-order valence-corrected chi connectivity index (χ1v) is 9.39. The molecule has 138 valence electrons. The maximum atomic E-state index is 6.37. The lowest BCUT2D eigenvalue weighted by molar-refractivity contribution is 0.290. The van der Waals surface area contributed by atoms with Crippen molar-refractivity contribution in [2.45, 2.75) is 54.0 Å². The van der Waals surface area contributed by atoms with Crippen LogP contribution < -0.4 is 9.64 Å². The maximum Gasteiger partial charge on any atom is 0.136 e. The summed E-state index contributed by atoms with van der Waals surface area (Å²) in [4.78, 5) is 2.34. The molecule has 2 aliphatic heterocycles. The SMILES string of the molecule is C/C=C/C=C1\C=C(C(C)(C)C)Oc2cc3c(cc21)C(C)=CC(C)(C)N3C. The van der Waals surface area contributed by atoms with E-state index in [4.69, 9.17) is 4.74 Å². The number of hydrogen-bond acceptors (Lipinski definition) is 2. The van der Waals surface area contributed by atoms with Crippen molar-refractivity contribution in [1.82, 2.24) is 0 Å². The van der Waals surface area contributed by atoms with E-state index in [0.29, 0.717) is 0 Å². The monoisotopic (exact) mass is 349 g/mol. The Kier molecular flexibility index (Phi) is 4.42. The normalized spacial score (nSPS) is 20.5. The second-order valence-corrected chi connectivity index (χ2v) is 8.91. The molecule has 0 N–H and O–H groups in total. The van der Waals surface area contributed by atoms with Crippen molar-refractivity contribution in [3.05, 3.63) is 59.4 Å². The van der Waals surface area contributed by atoms with E-state index >= 15 is 0 Å². The summed E-state index contributed by atoms with van der Waals surface area (Å²) in [6, 6.07) is 4.50. The fourth-order valence-corrected chi connectivity index (χ4v) is 3.56. The molecule has 0 atom stereocenters. The van der Waals surface area contributed by atoms with Crippen LogP contribution in [-0.4, -0.2) is 12.6 Å². The van der Waals surface area contributed by atoms with E-state index in [1.807, 2.05) is 6.92 Å². The van der Waals surface area contributed by atoms with Crippen LogP contribution in [0.2, 0.25) is 0 Å². The van der Waals surface area contributed by atoms with Crippen LogP contribution in [-0.2, 0) is 0 Å².